The van der Waals surface area contributed by atoms with Crippen LogP contribution in [0.4, 0.5) is 5.69 Å². The summed E-state index contributed by atoms with van der Waals surface area (Å²) < 4.78 is 6.73. The predicted molar refractivity (Wildman–Crippen MR) is 98.8 cm³/mol. The minimum absolute atomic E-state index is 0.0213. The average Bonchev–Trinajstić information content (AvgIpc) is 3.28. The van der Waals surface area contributed by atoms with Gasteiger partial charge in [-0.1, -0.05) is 6.07 Å². The summed E-state index contributed by atoms with van der Waals surface area (Å²) in [6.07, 6.45) is 6.37. The number of carbonyl (C=O) groups is 1. The van der Waals surface area contributed by atoms with E-state index in [0.717, 1.165) is 50.9 Å². The Morgan fingerprint density at radius 2 is 2.04 bits per heavy atom. The summed E-state index contributed by atoms with van der Waals surface area (Å²) in [7, 11) is 0. The fourth-order valence-electron chi connectivity index (χ4n) is 7.86. The van der Waals surface area contributed by atoms with Crippen LogP contribution in [0.5, 0.6) is 11.5 Å². The Morgan fingerprint density at radius 1 is 1.19 bits per heavy atom. The summed E-state index contributed by atoms with van der Waals surface area (Å²) in [5.74, 6) is -0.402. The van der Waals surface area contributed by atoms with Gasteiger partial charge < -0.3 is 19.8 Å². The largest absolute Gasteiger partial charge is 0.504 e. The number of rotatable bonds is 0. The second kappa shape index (κ2) is 4.78. The SMILES string of the molecule is CC(=O)N1c2c(ccc(O)c2O)[C@@]23CCN4CCC[C@]5(CCO[C@@]452)CC[C@@H]13. The van der Waals surface area contributed by atoms with Gasteiger partial charge >= 0.3 is 0 Å². The molecule has 6 nitrogen and oxygen atoms in total. The molecule has 1 aromatic rings. The van der Waals surface area contributed by atoms with E-state index in [1.54, 1.807) is 17.9 Å². The summed E-state index contributed by atoms with van der Waals surface area (Å²) in [6, 6.07) is 3.49. The van der Waals surface area contributed by atoms with Crippen LogP contribution in [-0.4, -0.2) is 52.5 Å². The molecule has 5 aliphatic rings. The Balaban J connectivity index is 1.69. The Hall–Kier alpha value is -1.79. The van der Waals surface area contributed by atoms with Crippen molar-refractivity contribution in [1.82, 2.24) is 4.90 Å². The highest BCUT2D eigenvalue weighted by atomic mass is 16.5. The average molecular weight is 370 g/mol. The third kappa shape index (κ3) is 1.47. The van der Waals surface area contributed by atoms with Crippen LogP contribution >= 0.6 is 0 Å². The Labute approximate surface area is 158 Å². The van der Waals surface area contributed by atoms with Gasteiger partial charge in [0.2, 0.25) is 5.91 Å². The van der Waals surface area contributed by atoms with Crippen LogP contribution in [0, 0.1) is 5.41 Å². The van der Waals surface area contributed by atoms with Gasteiger partial charge in [-0.05, 0) is 50.2 Å². The number of benzene rings is 1. The lowest BCUT2D eigenvalue weighted by atomic mass is 9.50. The van der Waals surface area contributed by atoms with Gasteiger partial charge in [0.1, 0.15) is 5.72 Å². The third-order valence-corrected chi connectivity index (χ3v) is 8.49. The number of nitrogens with zero attached hydrogens (tertiary/aromatic N) is 2. The number of fused-ring (bicyclic) bond motifs is 1. The van der Waals surface area contributed by atoms with E-state index >= 15 is 0 Å². The number of anilines is 1. The molecule has 2 N–H and O–H groups in total. The van der Waals surface area contributed by atoms with Crippen LogP contribution in [0.1, 0.15) is 51.0 Å². The number of piperidine rings is 1. The maximum absolute atomic E-state index is 12.7. The molecule has 6 rings (SSSR count). The fourth-order valence-corrected chi connectivity index (χ4v) is 7.86. The van der Waals surface area contributed by atoms with Gasteiger partial charge in [-0.25, -0.2) is 0 Å². The lowest BCUT2D eigenvalue weighted by Gasteiger charge is -2.62. The first-order valence-corrected chi connectivity index (χ1v) is 10.2. The molecule has 4 fully saturated rings. The molecule has 0 radical (unpaired) electrons. The van der Waals surface area contributed by atoms with Crippen LogP contribution in [0.25, 0.3) is 0 Å². The van der Waals surface area contributed by atoms with Crippen molar-refractivity contribution < 1.29 is 19.7 Å². The monoisotopic (exact) mass is 370 g/mol. The molecule has 0 unspecified atom stereocenters. The zero-order chi connectivity index (χ0) is 18.6. The number of carbonyl (C=O) groups excluding carboxylic acids is 1. The molecule has 144 valence electrons. The lowest BCUT2D eigenvalue weighted by molar-refractivity contribution is -0.232. The van der Waals surface area contributed by atoms with Gasteiger partial charge in [0.15, 0.2) is 11.5 Å². The van der Waals surface area contributed by atoms with Gasteiger partial charge in [0, 0.05) is 32.0 Å². The normalized spacial score (nSPS) is 41.8. The molecule has 27 heavy (non-hydrogen) atoms. The van der Waals surface area contributed by atoms with Gasteiger partial charge in [-0.15, -0.1) is 0 Å². The van der Waals surface area contributed by atoms with Gasteiger partial charge in [-0.2, -0.15) is 0 Å². The zero-order valence-corrected chi connectivity index (χ0v) is 15.7. The van der Waals surface area contributed by atoms with Crippen molar-refractivity contribution in [1.29, 1.82) is 0 Å². The molecule has 4 heterocycles. The Morgan fingerprint density at radius 3 is 2.85 bits per heavy atom. The van der Waals surface area contributed by atoms with E-state index in [-0.39, 0.29) is 40.0 Å². The van der Waals surface area contributed by atoms with Crippen molar-refractivity contribution in [2.75, 3.05) is 24.6 Å². The molecule has 1 amide bonds. The fraction of sp³-hybridized carbons (Fsp3) is 0.667. The Bertz CT molecular complexity index is 872. The number of phenols is 2. The maximum atomic E-state index is 12.7. The minimum Gasteiger partial charge on any atom is -0.504 e. The van der Waals surface area contributed by atoms with E-state index in [4.69, 9.17) is 4.74 Å². The molecule has 0 aromatic heterocycles. The summed E-state index contributed by atoms with van der Waals surface area (Å²) in [5, 5.41) is 20.9. The predicted octanol–water partition coefficient (Wildman–Crippen LogP) is 2.47. The molecular weight excluding hydrogens is 344 g/mol. The number of aromatic hydroxyl groups is 2. The van der Waals surface area contributed by atoms with E-state index < -0.39 is 0 Å². The Kier molecular flexibility index (Phi) is 2.87. The molecule has 2 spiro atoms. The highest BCUT2D eigenvalue weighted by Crippen LogP contribution is 2.74. The van der Waals surface area contributed by atoms with Gasteiger partial charge in [0.05, 0.1) is 17.1 Å². The minimum atomic E-state index is -0.385. The first-order valence-electron chi connectivity index (χ1n) is 10.2. The number of hydrogen-bond donors (Lipinski definition) is 2. The van der Waals surface area contributed by atoms with Crippen molar-refractivity contribution in [2.24, 2.45) is 5.41 Å². The zero-order valence-electron chi connectivity index (χ0n) is 15.7. The molecule has 1 aromatic carbocycles. The summed E-state index contributed by atoms with van der Waals surface area (Å²) in [6.45, 7) is 4.33. The highest BCUT2D eigenvalue weighted by Gasteiger charge is 2.80. The van der Waals surface area contributed by atoms with Crippen molar-refractivity contribution in [3.63, 3.8) is 0 Å². The summed E-state index contributed by atoms with van der Waals surface area (Å²) in [5.41, 5.74) is 0.933. The second-order valence-electron chi connectivity index (χ2n) is 9.11. The van der Waals surface area contributed by atoms with Crippen molar-refractivity contribution >= 4 is 11.6 Å². The number of amides is 1. The number of hydrogen-bond acceptors (Lipinski definition) is 5. The quantitative estimate of drug-likeness (QED) is 0.687. The van der Waals surface area contributed by atoms with E-state index in [0.29, 0.717) is 5.69 Å². The maximum Gasteiger partial charge on any atom is 0.224 e. The van der Waals surface area contributed by atoms with Gasteiger partial charge in [-0.3, -0.25) is 9.69 Å². The van der Waals surface area contributed by atoms with E-state index in [2.05, 4.69) is 4.90 Å². The molecule has 6 heteroatoms. The summed E-state index contributed by atoms with van der Waals surface area (Å²) in [4.78, 5) is 17.0. The van der Waals surface area contributed by atoms with Crippen LogP contribution in [0.15, 0.2) is 12.1 Å². The second-order valence-corrected chi connectivity index (χ2v) is 9.11. The molecule has 3 saturated heterocycles. The van der Waals surface area contributed by atoms with E-state index in [1.165, 1.54) is 12.8 Å². The topological polar surface area (TPSA) is 73.2 Å². The van der Waals surface area contributed by atoms with Crippen LogP contribution in [0.3, 0.4) is 0 Å². The molecule has 4 atom stereocenters. The standard InChI is InChI=1S/C21H26N2O4/c1-13(24)23-16-5-7-19-6-2-10-22-11-8-20(16,21(19,22)27-12-9-19)14-3-4-15(25)18(26)17(14)23/h3-4,16,25-26H,2,5-12H2,1H3/t16-,19-,20-,21+/m1/s1. The third-order valence-electron chi connectivity index (χ3n) is 8.49. The van der Waals surface area contributed by atoms with Crippen LogP contribution in [-0.2, 0) is 14.9 Å². The van der Waals surface area contributed by atoms with Crippen LogP contribution < -0.4 is 4.90 Å². The van der Waals surface area contributed by atoms with Crippen LogP contribution in [0.2, 0.25) is 0 Å². The first kappa shape index (κ1) is 16.2. The van der Waals surface area contributed by atoms with E-state index in [1.807, 2.05) is 6.07 Å². The number of phenolic OH excluding ortho intramolecular Hbond substituents is 2. The molecule has 1 aliphatic carbocycles. The molecule has 1 saturated carbocycles. The van der Waals surface area contributed by atoms with Crippen molar-refractivity contribution in [2.45, 2.75) is 62.6 Å². The summed E-state index contributed by atoms with van der Waals surface area (Å²) >= 11 is 0. The molecule has 4 aliphatic heterocycles. The van der Waals surface area contributed by atoms with Gasteiger partial charge in [0.25, 0.3) is 0 Å². The molecular formula is C21H26N2O4. The lowest BCUT2D eigenvalue weighted by Crippen LogP contribution is -2.73. The highest BCUT2D eigenvalue weighted by molar-refractivity contribution is 5.98. The van der Waals surface area contributed by atoms with Crippen molar-refractivity contribution in [3.8, 4) is 11.5 Å². The first-order chi connectivity index (χ1) is 13.0. The number of ether oxygens (including phenoxy) is 1. The van der Waals surface area contributed by atoms with E-state index in [9.17, 15) is 15.0 Å². The molecule has 0 bridgehead atoms. The van der Waals surface area contributed by atoms with Crippen molar-refractivity contribution in [3.05, 3.63) is 17.7 Å². The smallest absolute Gasteiger partial charge is 0.224 e.